The van der Waals surface area contributed by atoms with Crippen molar-refractivity contribution in [2.75, 3.05) is 5.75 Å². The van der Waals surface area contributed by atoms with Crippen LogP contribution in [0.2, 0.25) is 0 Å². The maximum absolute atomic E-state index is 11.7. The molecule has 4 saturated carbocycles. The Hall–Kier alpha value is -0.480. The van der Waals surface area contributed by atoms with Crippen molar-refractivity contribution in [1.29, 1.82) is 0 Å². The Bertz CT molecular complexity index is 420. The summed E-state index contributed by atoms with van der Waals surface area (Å²) in [6.07, 6.45) is 7.78. The number of hydrogen-bond donors (Lipinski definition) is 0. The Morgan fingerprint density at radius 3 is 2.52 bits per heavy atom. The number of ether oxygens (including phenoxy) is 2. The van der Waals surface area contributed by atoms with Crippen molar-refractivity contribution in [2.45, 2.75) is 69.0 Å². The first-order valence-corrected chi connectivity index (χ1v) is 9.18. The molecule has 0 aromatic carbocycles. The maximum atomic E-state index is 11.7. The lowest BCUT2D eigenvalue weighted by Crippen LogP contribution is -2.61. The first-order chi connectivity index (χ1) is 9.98. The van der Waals surface area contributed by atoms with Crippen molar-refractivity contribution in [2.24, 2.45) is 11.8 Å². The fraction of sp³-hybridized carbons (Fsp3) is 0.824. The third-order valence-corrected chi connectivity index (χ3v) is 6.15. The number of carbonyl (C=O) groups is 1. The summed E-state index contributed by atoms with van der Waals surface area (Å²) in [6, 6.07) is 0. The summed E-state index contributed by atoms with van der Waals surface area (Å²) in [6.45, 7) is 7.85. The van der Waals surface area contributed by atoms with Crippen molar-refractivity contribution in [1.82, 2.24) is 0 Å². The number of carbonyl (C=O) groups excluding carboxylic acids is 1. The highest BCUT2D eigenvalue weighted by Crippen LogP contribution is 2.60. The van der Waals surface area contributed by atoms with E-state index >= 15 is 0 Å². The minimum atomic E-state index is -0.286. The zero-order valence-electron chi connectivity index (χ0n) is 13.1. The number of thioether (sulfide) groups is 1. The van der Waals surface area contributed by atoms with Crippen molar-refractivity contribution < 1.29 is 14.3 Å². The molecule has 0 N–H and O–H groups in total. The van der Waals surface area contributed by atoms with E-state index in [9.17, 15) is 4.79 Å². The van der Waals surface area contributed by atoms with Crippen molar-refractivity contribution in [3.63, 3.8) is 0 Å². The van der Waals surface area contributed by atoms with E-state index in [-0.39, 0.29) is 22.6 Å². The predicted molar refractivity (Wildman–Crippen MR) is 85.1 cm³/mol. The molecule has 0 aliphatic heterocycles. The standard InChI is InChI=1S/C17H26O3S/c1-4-15(18)20-17-9-13-6-14(10-17)8-16(7-13,11-17)19-12(3)21-5-2/h4,12-14H,1,5-11H2,2-3H3. The van der Waals surface area contributed by atoms with Crippen molar-refractivity contribution >= 4 is 17.7 Å². The van der Waals surface area contributed by atoms with E-state index in [4.69, 9.17) is 9.47 Å². The SMILES string of the molecule is C=CC(=O)OC12CC3CC(C1)CC(OC(C)SCC)(C3)C2. The molecule has 4 rings (SSSR count). The Morgan fingerprint density at radius 1 is 1.33 bits per heavy atom. The van der Waals surface area contributed by atoms with E-state index in [1.54, 1.807) is 0 Å². The van der Waals surface area contributed by atoms with Gasteiger partial charge in [-0.3, -0.25) is 0 Å². The third-order valence-electron chi connectivity index (χ3n) is 5.25. The molecule has 0 heterocycles. The van der Waals surface area contributed by atoms with E-state index < -0.39 is 0 Å². The van der Waals surface area contributed by atoms with Crippen LogP contribution in [0.3, 0.4) is 0 Å². The lowest BCUT2D eigenvalue weighted by molar-refractivity contribution is -0.233. The van der Waals surface area contributed by atoms with Crippen LogP contribution in [0.1, 0.15) is 52.4 Å². The first-order valence-electron chi connectivity index (χ1n) is 8.13. The summed E-state index contributed by atoms with van der Waals surface area (Å²) < 4.78 is 12.3. The molecule has 0 aromatic heterocycles. The highest BCUT2D eigenvalue weighted by molar-refractivity contribution is 7.99. The quantitative estimate of drug-likeness (QED) is 0.423. The van der Waals surface area contributed by atoms with Gasteiger partial charge in [0, 0.05) is 12.5 Å². The van der Waals surface area contributed by atoms with Crippen LogP contribution in [-0.4, -0.2) is 28.4 Å². The first kappa shape index (κ1) is 15.4. The van der Waals surface area contributed by atoms with Crippen molar-refractivity contribution in [3.8, 4) is 0 Å². The Morgan fingerprint density at radius 2 is 1.95 bits per heavy atom. The topological polar surface area (TPSA) is 35.5 Å². The van der Waals surface area contributed by atoms with E-state index in [0.717, 1.165) is 37.9 Å². The Balaban J connectivity index is 1.77. The molecule has 3 nitrogen and oxygen atoms in total. The predicted octanol–water partition coefficient (Wildman–Crippen LogP) is 3.92. The van der Waals surface area contributed by atoms with E-state index in [1.807, 2.05) is 11.8 Å². The molecule has 3 unspecified atom stereocenters. The largest absolute Gasteiger partial charge is 0.456 e. The molecule has 0 spiro atoms. The molecule has 4 aliphatic carbocycles. The van der Waals surface area contributed by atoms with Crippen LogP contribution < -0.4 is 0 Å². The molecule has 4 heteroatoms. The minimum Gasteiger partial charge on any atom is -0.456 e. The maximum Gasteiger partial charge on any atom is 0.330 e. The van der Waals surface area contributed by atoms with Crippen LogP contribution in [0.25, 0.3) is 0 Å². The van der Waals surface area contributed by atoms with Gasteiger partial charge in [0.15, 0.2) is 0 Å². The zero-order chi connectivity index (χ0) is 15.1. The number of rotatable bonds is 6. The van der Waals surface area contributed by atoms with Crippen LogP contribution >= 0.6 is 11.8 Å². The van der Waals surface area contributed by atoms with Gasteiger partial charge in [0.2, 0.25) is 0 Å². The monoisotopic (exact) mass is 310 g/mol. The van der Waals surface area contributed by atoms with Crippen molar-refractivity contribution in [3.05, 3.63) is 12.7 Å². The van der Waals surface area contributed by atoms with Crippen LogP contribution in [-0.2, 0) is 14.3 Å². The minimum absolute atomic E-state index is 0.0624. The van der Waals surface area contributed by atoms with Gasteiger partial charge in [-0.2, -0.15) is 0 Å². The summed E-state index contributed by atoms with van der Waals surface area (Å²) >= 11 is 1.85. The highest BCUT2D eigenvalue weighted by Gasteiger charge is 2.60. The summed E-state index contributed by atoms with van der Waals surface area (Å²) in [5.41, 5.74) is -0.127. The van der Waals surface area contributed by atoms with Gasteiger partial charge in [0.1, 0.15) is 11.0 Å². The van der Waals surface area contributed by atoms with Gasteiger partial charge < -0.3 is 9.47 Å². The second-order valence-corrected chi connectivity index (χ2v) is 8.67. The Labute approximate surface area is 131 Å². The molecule has 0 saturated heterocycles. The van der Waals surface area contributed by atoms with E-state index in [2.05, 4.69) is 20.4 Å². The summed E-state index contributed by atoms with van der Waals surface area (Å²) in [4.78, 5) is 11.7. The highest BCUT2D eigenvalue weighted by atomic mass is 32.2. The summed E-state index contributed by atoms with van der Waals surface area (Å²) in [7, 11) is 0. The fourth-order valence-corrected chi connectivity index (χ4v) is 5.97. The van der Waals surface area contributed by atoms with Gasteiger partial charge in [-0.25, -0.2) is 4.79 Å². The molecule has 0 amide bonds. The summed E-state index contributed by atoms with van der Waals surface area (Å²) in [5.74, 6) is 2.11. The van der Waals surface area contributed by atoms with Crippen LogP contribution in [0.15, 0.2) is 12.7 Å². The molecule has 0 aromatic rings. The second kappa shape index (κ2) is 5.62. The average Bonchev–Trinajstić information content (AvgIpc) is 2.35. The number of hydrogen-bond acceptors (Lipinski definition) is 4. The smallest absolute Gasteiger partial charge is 0.330 e. The molecular weight excluding hydrogens is 284 g/mol. The van der Waals surface area contributed by atoms with Gasteiger partial charge >= 0.3 is 5.97 Å². The third kappa shape index (κ3) is 3.02. The summed E-state index contributed by atoms with van der Waals surface area (Å²) in [5, 5.41) is 0. The van der Waals surface area contributed by atoms with Gasteiger partial charge in [0.25, 0.3) is 0 Å². The zero-order valence-corrected chi connectivity index (χ0v) is 13.9. The van der Waals surface area contributed by atoms with Crippen LogP contribution in [0.5, 0.6) is 0 Å². The lowest BCUT2D eigenvalue weighted by Gasteiger charge is -2.61. The Kier molecular flexibility index (Phi) is 4.12. The van der Waals surface area contributed by atoms with Gasteiger partial charge in [-0.15, -0.1) is 11.8 Å². The molecule has 21 heavy (non-hydrogen) atoms. The molecule has 0 radical (unpaired) electrons. The molecule has 4 aliphatic rings. The van der Waals surface area contributed by atoms with Gasteiger partial charge in [-0.1, -0.05) is 13.5 Å². The van der Waals surface area contributed by atoms with E-state index in [1.165, 1.54) is 12.5 Å². The fourth-order valence-electron chi connectivity index (χ4n) is 5.23. The van der Waals surface area contributed by atoms with Crippen LogP contribution in [0.4, 0.5) is 0 Å². The molecule has 3 atom stereocenters. The molecule has 4 fully saturated rings. The second-order valence-electron chi connectivity index (χ2n) is 7.09. The lowest BCUT2D eigenvalue weighted by atomic mass is 9.52. The number of esters is 1. The molecule has 118 valence electrons. The normalized spacial score (nSPS) is 41.8. The molecule has 4 bridgehead atoms. The average molecular weight is 310 g/mol. The van der Waals surface area contributed by atoms with Crippen LogP contribution in [0, 0.1) is 11.8 Å². The van der Waals surface area contributed by atoms with E-state index in [0.29, 0.717) is 11.8 Å². The van der Waals surface area contributed by atoms with Gasteiger partial charge in [-0.05, 0) is 56.6 Å². The molecular formula is C17H26O3S. The van der Waals surface area contributed by atoms with Gasteiger partial charge in [0.05, 0.1) is 5.60 Å².